The van der Waals surface area contributed by atoms with E-state index in [-0.39, 0.29) is 0 Å². The standard InChI is InChI=1S/C6H10O4/c1-3-8-6(9-4-2)5(7)10-6/h3-4H2,1-2H3. The van der Waals surface area contributed by atoms with Crippen LogP contribution in [-0.4, -0.2) is 25.2 Å². The second-order valence-corrected chi connectivity index (χ2v) is 1.81. The Labute approximate surface area is 59.1 Å². The van der Waals surface area contributed by atoms with Crippen LogP contribution in [0.3, 0.4) is 0 Å². The highest BCUT2D eigenvalue weighted by molar-refractivity contribution is 5.89. The first kappa shape index (κ1) is 7.50. The molecule has 0 aromatic carbocycles. The minimum atomic E-state index is -1.33. The van der Waals surface area contributed by atoms with E-state index in [0.717, 1.165) is 0 Å². The molecule has 0 unspecified atom stereocenters. The van der Waals surface area contributed by atoms with Crippen LogP contribution in [0.5, 0.6) is 0 Å². The summed E-state index contributed by atoms with van der Waals surface area (Å²) in [6, 6.07) is 0. The summed E-state index contributed by atoms with van der Waals surface area (Å²) in [5, 5.41) is 0. The van der Waals surface area contributed by atoms with Gasteiger partial charge in [-0.15, -0.1) is 0 Å². The number of cyclic esters (lactones) is 1. The average molecular weight is 146 g/mol. The fourth-order valence-corrected chi connectivity index (χ4v) is 0.695. The smallest absolute Gasteiger partial charge is 0.392 e. The summed E-state index contributed by atoms with van der Waals surface area (Å²) in [4.78, 5) is 10.5. The molecular weight excluding hydrogens is 136 g/mol. The zero-order valence-electron chi connectivity index (χ0n) is 6.05. The Morgan fingerprint density at radius 3 is 2.00 bits per heavy atom. The molecule has 10 heavy (non-hydrogen) atoms. The van der Waals surface area contributed by atoms with Gasteiger partial charge in [-0.1, -0.05) is 0 Å². The molecular formula is C6H10O4. The fraction of sp³-hybridized carbons (Fsp3) is 0.833. The molecule has 0 spiro atoms. The molecule has 1 aliphatic rings. The molecule has 4 heteroatoms. The van der Waals surface area contributed by atoms with Gasteiger partial charge in [-0.3, -0.25) is 0 Å². The summed E-state index contributed by atoms with van der Waals surface area (Å²) in [6.45, 7) is 4.36. The zero-order valence-corrected chi connectivity index (χ0v) is 6.05. The number of ether oxygens (including phenoxy) is 3. The Morgan fingerprint density at radius 2 is 1.80 bits per heavy atom. The number of rotatable bonds is 4. The molecule has 1 aliphatic heterocycles. The third-order valence-electron chi connectivity index (χ3n) is 1.10. The van der Waals surface area contributed by atoms with Crippen molar-refractivity contribution in [3.63, 3.8) is 0 Å². The molecule has 0 bridgehead atoms. The maximum atomic E-state index is 10.5. The Hall–Kier alpha value is -0.610. The van der Waals surface area contributed by atoms with E-state index in [4.69, 9.17) is 9.47 Å². The van der Waals surface area contributed by atoms with Crippen LogP contribution in [-0.2, 0) is 19.0 Å². The van der Waals surface area contributed by atoms with E-state index in [2.05, 4.69) is 4.74 Å². The molecule has 0 aromatic heterocycles. The summed E-state index contributed by atoms with van der Waals surface area (Å²) < 4.78 is 14.3. The Kier molecular flexibility index (Phi) is 1.92. The van der Waals surface area contributed by atoms with Crippen molar-refractivity contribution < 1.29 is 19.0 Å². The molecule has 4 nitrogen and oxygen atoms in total. The molecule has 0 radical (unpaired) electrons. The molecule has 0 aliphatic carbocycles. The van der Waals surface area contributed by atoms with Crippen molar-refractivity contribution in [1.29, 1.82) is 0 Å². The second kappa shape index (κ2) is 2.56. The zero-order chi connectivity index (χ0) is 7.61. The van der Waals surface area contributed by atoms with Crippen molar-refractivity contribution in [1.82, 2.24) is 0 Å². The van der Waals surface area contributed by atoms with E-state index >= 15 is 0 Å². The van der Waals surface area contributed by atoms with Gasteiger partial charge in [-0.05, 0) is 13.8 Å². The van der Waals surface area contributed by atoms with Gasteiger partial charge in [0.15, 0.2) is 0 Å². The Morgan fingerprint density at radius 1 is 1.40 bits per heavy atom. The van der Waals surface area contributed by atoms with E-state index < -0.39 is 11.9 Å². The molecule has 58 valence electrons. The number of hydrogen-bond acceptors (Lipinski definition) is 4. The molecule has 1 heterocycles. The maximum Gasteiger partial charge on any atom is 0.434 e. The van der Waals surface area contributed by atoms with Gasteiger partial charge < -0.3 is 14.2 Å². The highest BCUT2D eigenvalue weighted by Crippen LogP contribution is 2.31. The quantitative estimate of drug-likeness (QED) is 0.422. The van der Waals surface area contributed by atoms with E-state index in [1.165, 1.54) is 0 Å². The second-order valence-electron chi connectivity index (χ2n) is 1.81. The number of epoxide rings is 1. The first-order valence-electron chi connectivity index (χ1n) is 3.26. The van der Waals surface area contributed by atoms with E-state index in [1.54, 1.807) is 13.8 Å². The lowest BCUT2D eigenvalue weighted by Gasteiger charge is -2.05. The highest BCUT2D eigenvalue weighted by atomic mass is 17.0. The predicted molar refractivity (Wildman–Crippen MR) is 32.1 cm³/mol. The molecule has 1 saturated heterocycles. The SMILES string of the molecule is CCOC1(OCC)OC1=O. The molecule has 0 aromatic rings. The molecule has 0 atom stereocenters. The normalized spacial score (nSPS) is 20.4. The average Bonchev–Trinajstić information content (AvgIpc) is 2.44. The van der Waals surface area contributed by atoms with Gasteiger partial charge in [0.2, 0.25) is 0 Å². The van der Waals surface area contributed by atoms with Crippen LogP contribution in [0.15, 0.2) is 0 Å². The summed E-state index contributed by atoms with van der Waals surface area (Å²) in [5.74, 6) is -1.76. The molecule has 0 N–H and O–H groups in total. The fourth-order valence-electron chi connectivity index (χ4n) is 0.695. The number of carbonyl (C=O) groups is 1. The van der Waals surface area contributed by atoms with Gasteiger partial charge in [0.1, 0.15) is 0 Å². The van der Waals surface area contributed by atoms with Crippen molar-refractivity contribution in [2.45, 2.75) is 19.8 Å². The van der Waals surface area contributed by atoms with Gasteiger partial charge in [0.25, 0.3) is 0 Å². The van der Waals surface area contributed by atoms with Crippen LogP contribution in [0.2, 0.25) is 0 Å². The number of carbonyl (C=O) groups excluding carboxylic acids is 1. The Bertz CT molecular complexity index is 137. The molecule has 1 rings (SSSR count). The van der Waals surface area contributed by atoms with Gasteiger partial charge in [-0.25, -0.2) is 4.79 Å². The summed E-state index contributed by atoms with van der Waals surface area (Å²) in [7, 11) is 0. The topological polar surface area (TPSA) is 48.1 Å². The van der Waals surface area contributed by atoms with Gasteiger partial charge >= 0.3 is 11.9 Å². The number of hydrogen-bond donors (Lipinski definition) is 0. The van der Waals surface area contributed by atoms with Gasteiger partial charge in [0, 0.05) is 0 Å². The largest absolute Gasteiger partial charge is 0.434 e. The lowest BCUT2D eigenvalue weighted by Crippen LogP contribution is -2.22. The van der Waals surface area contributed by atoms with Gasteiger partial charge in [-0.2, -0.15) is 0 Å². The first-order valence-corrected chi connectivity index (χ1v) is 3.26. The predicted octanol–water partition coefficient (Wildman–Crippen LogP) is 0.270. The van der Waals surface area contributed by atoms with Crippen LogP contribution >= 0.6 is 0 Å². The van der Waals surface area contributed by atoms with E-state index in [0.29, 0.717) is 13.2 Å². The first-order chi connectivity index (χ1) is 4.75. The van der Waals surface area contributed by atoms with Crippen LogP contribution < -0.4 is 0 Å². The lowest BCUT2D eigenvalue weighted by atomic mass is 10.7. The maximum absolute atomic E-state index is 10.5. The van der Waals surface area contributed by atoms with E-state index in [1.807, 2.05) is 0 Å². The van der Waals surface area contributed by atoms with Crippen molar-refractivity contribution >= 4 is 5.97 Å². The minimum absolute atomic E-state index is 0.408. The monoisotopic (exact) mass is 146 g/mol. The van der Waals surface area contributed by atoms with Crippen LogP contribution in [0.1, 0.15) is 13.8 Å². The third kappa shape index (κ3) is 1.12. The van der Waals surface area contributed by atoms with Crippen molar-refractivity contribution in [3.8, 4) is 0 Å². The molecule has 0 amide bonds. The molecule has 0 saturated carbocycles. The van der Waals surface area contributed by atoms with E-state index in [9.17, 15) is 4.79 Å². The molecule has 1 fully saturated rings. The van der Waals surface area contributed by atoms with Crippen LogP contribution in [0, 0.1) is 0 Å². The third-order valence-corrected chi connectivity index (χ3v) is 1.10. The summed E-state index contributed by atoms with van der Waals surface area (Å²) in [5.41, 5.74) is 0. The summed E-state index contributed by atoms with van der Waals surface area (Å²) in [6.07, 6.45) is 0. The van der Waals surface area contributed by atoms with Gasteiger partial charge in [0.05, 0.1) is 13.2 Å². The van der Waals surface area contributed by atoms with Crippen molar-refractivity contribution in [2.24, 2.45) is 0 Å². The highest BCUT2D eigenvalue weighted by Gasteiger charge is 2.62. The summed E-state index contributed by atoms with van der Waals surface area (Å²) >= 11 is 0. The Balaban J connectivity index is 2.38. The van der Waals surface area contributed by atoms with Crippen LogP contribution in [0.25, 0.3) is 0 Å². The van der Waals surface area contributed by atoms with Crippen molar-refractivity contribution in [2.75, 3.05) is 13.2 Å². The minimum Gasteiger partial charge on any atom is -0.392 e. The van der Waals surface area contributed by atoms with Crippen LogP contribution in [0.4, 0.5) is 0 Å². The lowest BCUT2D eigenvalue weighted by molar-refractivity contribution is -0.222. The van der Waals surface area contributed by atoms with Crippen molar-refractivity contribution in [3.05, 3.63) is 0 Å².